The zero-order chi connectivity index (χ0) is 16.6. The molecule has 0 radical (unpaired) electrons. The SMILES string of the molecule is OCCOc1ccccc1OCc1csc(Cc2ccccc2)n1. The summed E-state index contributed by atoms with van der Waals surface area (Å²) in [5, 5.41) is 12.0. The molecule has 0 bridgehead atoms. The molecule has 0 saturated heterocycles. The van der Waals surface area contributed by atoms with Crippen LogP contribution in [0.3, 0.4) is 0 Å². The van der Waals surface area contributed by atoms with E-state index >= 15 is 0 Å². The summed E-state index contributed by atoms with van der Waals surface area (Å²) in [6.45, 7) is 0.617. The summed E-state index contributed by atoms with van der Waals surface area (Å²) in [5.41, 5.74) is 2.16. The number of ether oxygens (including phenoxy) is 2. The fourth-order valence-electron chi connectivity index (χ4n) is 2.26. The quantitative estimate of drug-likeness (QED) is 0.679. The maximum absolute atomic E-state index is 8.88. The number of rotatable bonds is 8. The first-order valence-electron chi connectivity index (χ1n) is 7.78. The Morgan fingerprint density at radius 2 is 1.62 bits per heavy atom. The van der Waals surface area contributed by atoms with Crippen molar-refractivity contribution in [2.75, 3.05) is 13.2 Å². The lowest BCUT2D eigenvalue weighted by molar-refractivity contribution is 0.192. The predicted octanol–water partition coefficient (Wildman–Crippen LogP) is 3.68. The number of benzene rings is 2. The predicted molar refractivity (Wildman–Crippen MR) is 94.7 cm³/mol. The smallest absolute Gasteiger partial charge is 0.161 e. The van der Waals surface area contributed by atoms with E-state index in [2.05, 4.69) is 17.1 Å². The summed E-state index contributed by atoms with van der Waals surface area (Å²) in [6.07, 6.45) is 0.835. The molecule has 24 heavy (non-hydrogen) atoms. The molecule has 124 valence electrons. The summed E-state index contributed by atoms with van der Waals surface area (Å²) >= 11 is 1.64. The van der Waals surface area contributed by atoms with Crippen molar-refractivity contribution >= 4 is 11.3 Å². The highest BCUT2D eigenvalue weighted by Gasteiger charge is 2.07. The monoisotopic (exact) mass is 341 g/mol. The van der Waals surface area contributed by atoms with Crippen LogP contribution in [-0.2, 0) is 13.0 Å². The van der Waals surface area contributed by atoms with Crippen LogP contribution in [0.25, 0.3) is 0 Å². The highest BCUT2D eigenvalue weighted by Crippen LogP contribution is 2.27. The Bertz CT molecular complexity index is 758. The van der Waals surface area contributed by atoms with E-state index in [0.29, 0.717) is 18.1 Å². The number of thiazole rings is 1. The molecule has 0 fully saturated rings. The molecule has 0 aliphatic rings. The minimum Gasteiger partial charge on any atom is -0.487 e. The summed E-state index contributed by atoms with van der Waals surface area (Å²) in [4.78, 5) is 4.63. The van der Waals surface area contributed by atoms with Crippen molar-refractivity contribution in [2.24, 2.45) is 0 Å². The summed E-state index contributed by atoms with van der Waals surface area (Å²) in [7, 11) is 0. The third kappa shape index (κ3) is 4.57. The third-order valence-corrected chi connectivity index (χ3v) is 4.27. The topological polar surface area (TPSA) is 51.6 Å². The second kappa shape index (κ2) is 8.47. The molecule has 0 amide bonds. The van der Waals surface area contributed by atoms with Crippen molar-refractivity contribution in [3.8, 4) is 11.5 Å². The highest BCUT2D eigenvalue weighted by atomic mass is 32.1. The van der Waals surface area contributed by atoms with Gasteiger partial charge in [-0.05, 0) is 17.7 Å². The van der Waals surface area contributed by atoms with E-state index in [1.165, 1.54) is 5.56 Å². The molecule has 4 nitrogen and oxygen atoms in total. The van der Waals surface area contributed by atoms with Gasteiger partial charge in [-0.1, -0.05) is 42.5 Å². The van der Waals surface area contributed by atoms with Gasteiger partial charge in [0.25, 0.3) is 0 Å². The number of aromatic nitrogens is 1. The van der Waals surface area contributed by atoms with Crippen molar-refractivity contribution < 1.29 is 14.6 Å². The Balaban J connectivity index is 1.60. The average Bonchev–Trinajstić information content (AvgIpc) is 3.07. The maximum atomic E-state index is 8.88. The summed E-state index contributed by atoms with van der Waals surface area (Å²) in [5.74, 6) is 1.29. The molecule has 0 atom stereocenters. The van der Waals surface area contributed by atoms with Gasteiger partial charge in [-0.2, -0.15) is 0 Å². The van der Waals surface area contributed by atoms with Crippen LogP contribution in [0.1, 0.15) is 16.3 Å². The molecule has 0 spiro atoms. The second-order valence-electron chi connectivity index (χ2n) is 5.20. The first-order chi connectivity index (χ1) is 11.8. The fourth-order valence-corrected chi connectivity index (χ4v) is 3.08. The summed E-state index contributed by atoms with van der Waals surface area (Å²) in [6, 6.07) is 17.7. The Labute approximate surface area is 145 Å². The lowest BCUT2D eigenvalue weighted by Crippen LogP contribution is -2.04. The average molecular weight is 341 g/mol. The van der Waals surface area contributed by atoms with E-state index in [1.807, 2.05) is 47.8 Å². The van der Waals surface area contributed by atoms with Gasteiger partial charge in [0, 0.05) is 11.8 Å². The zero-order valence-electron chi connectivity index (χ0n) is 13.2. The number of hydrogen-bond donors (Lipinski definition) is 1. The first kappa shape index (κ1) is 16.5. The third-order valence-electron chi connectivity index (χ3n) is 3.37. The van der Waals surface area contributed by atoms with Gasteiger partial charge in [0.15, 0.2) is 11.5 Å². The molecule has 1 aromatic heterocycles. The largest absolute Gasteiger partial charge is 0.487 e. The van der Waals surface area contributed by atoms with Gasteiger partial charge in [0.05, 0.1) is 17.3 Å². The van der Waals surface area contributed by atoms with Crippen LogP contribution in [0.4, 0.5) is 0 Å². The Kier molecular flexibility index (Phi) is 5.82. The zero-order valence-corrected chi connectivity index (χ0v) is 14.0. The van der Waals surface area contributed by atoms with Gasteiger partial charge in [-0.15, -0.1) is 11.3 Å². The molecule has 3 rings (SSSR count). The van der Waals surface area contributed by atoms with Crippen molar-refractivity contribution in [3.63, 3.8) is 0 Å². The second-order valence-corrected chi connectivity index (χ2v) is 6.15. The van der Waals surface area contributed by atoms with Crippen molar-refractivity contribution in [1.29, 1.82) is 0 Å². The standard InChI is InChI=1S/C19H19NO3S/c21-10-11-22-17-8-4-5-9-18(17)23-13-16-14-24-19(20-16)12-15-6-2-1-3-7-15/h1-9,14,21H,10-13H2. The number of aliphatic hydroxyl groups is 1. The number of nitrogens with zero attached hydrogens (tertiary/aromatic N) is 1. The van der Waals surface area contributed by atoms with E-state index in [9.17, 15) is 0 Å². The Morgan fingerprint density at radius 1 is 0.917 bits per heavy atom. The molecule has 1 N–H and O–H groups in total. The maximum Gasteiger partial charge on any atom is 0.161 e. The van der Waals surface area contributed by atoms with E-state index < -0.39 is 0 Å². The van der Waals surface area contributed by atoms with Gasteiger partial charge < -0.3 is 14.6 Å². The van der Waals surface area contributed by atoms with E-state index in [4.69, 9.17) is 14.6 Å². The molecule has 2 aromatic carbocycles. The first-order valence-corrected chi connectivity index (χ1v) is 8.66. The lowest BCUT2D eigenvalue weighted by atomic mass is 10.2. The Morgan fingerprint density at radius 3 is 2.38 bits per heavy atom. The molecule has 0 saturated carbocycles. The van der Waals surface area contributed by atoms with Gasteiger partial charge in [0.2, 0.25) is 0 Å². The molecule has 1 heterocycles. The summed E-state index contributed by atoms with van der Waals surface area (Å²) < 4.78 is 11.3. The van der Waals surface area contributed by atoms with Crippen LogP contribution < -0.4 is 9.47 Å². The van der Waals surface area contributed by atoms with Crippen LogP contribution in [0.5, 0.6) is 11.5 Å². The molecule has 0 aliphatic carbocycles. The van der Waals surface area contributed by atoms with Crippen LogP contribution in [-0.4, -0.2) is 23.3 Å². The van der Waals surface area contributed by atoms with Crippen LogP contribution in [0, 0.1) is 0 Å². The fraction of sp³-hybridized carbons (Fsp3) is 0.211. The van der Waals surface area contributed by atoms with E-state index in [1.54, 1.807) is 11.3 Å². The number of hydrogen-bond acceptors (Lipinski definition) is 5. The molecule has 0 aliphatic heterocycles. The number of aliphatic hydroxyl groups excluding tert-OH is 1. The molecular formula is C19H19NO3S. The van der Waals surface area contributed by atoms with Crippen molar-refractivity contribution in [2.45, 2.75) is 13.0 Å². The molecule has 5 heteroatoms. The minimum atomic E-state index is -0.0245. The Hall–Kier alpha value is -2.37. The normalized spacial score (nSPS) is 10.5. The van der Waals surface area contributed by atoms with Gasteiger partial charge in [-0.3, -0.25) is 0 Å². The van der Waals surface area contributed by atoms with Crippen LogP contribution in [0.15, 0.2) is 60.0 Å². The van der Waals surface area contributed by atoms with E-state index in [0.717, 1.165) is 17.1 Å². The molecule has 0 unspecified atom stereocenters. The highest BCUT2D eigenvalue weighted by molar-refractivity contribution is 7.09. The van der Waals surface area contributed by atoms with E-state index in [-0.39, 0.29) is 13.2 Å². The van der Waals surface area contributed by atoms with Gasteiger partial charge in [0.1, 0.15) is 13.2 Å². The minimum absolute atomic E-state index is 0.0245. The van der Waals surface area contributed by atoms with Crippen molar-refractivity contribution in [1.82, 2.24) is 4.98 Å². The van der Waals surface area contributed by atoms with Gasteiger partial charge >= 0.3 is 0 Å². The van der Waals surface area contributed by atoms with Crippen molar-refractivity contribution in [3.05, 3.63) is 76.2 Å². The van der Waals surface area contributed by atoms with Crippen LogP contribution >= 0.6 is 11.3 Å². The molecular weight excluding hydrogens is 322 g/mol. The van der Waals surface area contributed by atoms with Crippen LogP contribution in [0.2, 0.25) is 0 Å². The van der Waals surface area contributed by atoms with Gasteiger partial charge in [-0.25, -0.2) is 4.98 Å². The molecule has 3 aromatic rings. The number of para-hydroxylation sites is 2. The lowest BCUT2D eigenvalue weighted by Gasteiger charge is -2.11.